The number of carbonyl (C=O) groups is 2. The summed E-state index contributed by atoms with van der Waals surface area (Å²) in [6, 6.07) is 23.9. The monoisotopic (exact) mass is 492 g/mol. The Morgan fingerprint density at radius 2 is 1.57 bits per heavy atom. The molecule has 0 saturated heterocycles. The standard InChI is InChI=1S/C27H28N2O5S/c1-2-34-26(30)20-29(35(32,33)28-18-8-12-23-11-6-7-13-25(23)28)27(31)24-16-14-22(15-17-24)19-21-9-4-3-5-10-21/h3-7,9-11,13-17H,2,8,12,18-20H2,1H3. The Morgan fingerprint density at radius 3 is 2.29 bits per heavy atom. The molecule has 1 aliphatic rings. The van der Waals surface area contributed by atoms with Gasteiger partial charge in [0.25, 0.3) is 5.91 Å². The van der Waals surface area contributed by atoms with Gasteiger partial charge in [0.2, 0.25) is 0 Å². The van der Waals surface area contributed by atoms with Gasteiger partial charge in [-0.2, -0.15) is 8.42 Å². The maximum atomic E-state index is 13.7. The summed E-state index contributed by atoms with van der Waals surface area (Å²) in [5, 5.41) is 0. The average molecular weight is 493 g/mol. The fourth-order valence-corrected chi connectivity index (χ4v) is 5.79. The zero-order valence-electron chi connectivity index (χ0n) is 19.6. The molecular weight excluding hydrogens is 464 g/mol. The van der Waals surface area contributed by atoms with Crippen molar-refractivity contribution in [3.63, 3.8) is 0 Å². The van der Waals surface area contributed by atoms with E-state index in [1.807, 2.05) is 42.5 Å². The third kappa shape index (κ3) is 5.54. The van der Waals surface area contributed by atoms with Crippen molar-refractivity contribution >= 4 is 27.8 Å². The van der Waals surface area contributed by atoms with Crippen molar-refractivity contribution in [3.05, 3.63) is 101 Å². The Kier molecular flexibility index (Phi) is 7.51. The van der Waals surface area contributed by atoms with E-state index in [4.69, 9.17) is 4.74 Å². The van der Waals surface area contributed by atoms with Crippen molar-refractivity contribution in [2.75, 3.05) is 24.0 Å². The van der Waals surface area contributed by atoms with E-state index in [-0.39, 0.29) is 18.7 Å². The molecule has 4 rings (SSSR count). The number of carbonyl (C=O) groups excluding carboxylic acids is 2. The zero-order valence-corrected chi connectivity index (χ0v) is 20.4. The quantitative estimate of drug-likeness (QED) is 0.444. The van der Waals surface area contributed by atoms with E-state index in [1.54, 1.807) is 43.3 Å². The Labute approximate surface area is 206 Å². The van der Waals surface area contributed by atoms with Gasteiger partial charge in [0.1, 0.15) is 6.54 Å². The fraction of sp³-hybridized carbons (Fsp3) is 0.259. The predicted molar refractivity (Wildman–Crippen MR) is 134 cm³/mol. The lowest BCUT2D eigenvalue weighted by Crippen LogP contribution is -2.50. The second-order valence-corrected chi connectivity index (χ2v) is 10.1. The lowest BCUT2D eigenvalue weighted by atomic mass is 10.0. The van der Waals surface area contributed by atoms with Crippen LogP contribution < -0.4 is 4.31 Å². The topological polar surface area (TPSA) is 84.0 Å². The molecular formula is C27H28N2O5S. The van der Waals surface area contributed by atoms with Crippen LogP contribution in [0.2, 0.25) is 0 Å². The molecule has 182 valence electrons. The van der Waals surface area contributed by atoms with Crippen LogP contribution >= 0.6 is 0 Å². The van der Waals surface area contributed by atoms with Crippen molar-refractivity contribution in [3.8, 4) is 0 Å². The minimum absolute atomic E-state index is 0.0850. The van der Waals surface area contributed by atoms with Gasteiger partial charge in [0.15, 0.2) is 0 Å². The molecule has 1 heterocycles. The van der Waals surface area contributed by atoms with E-state index in [2.05, 4.69) is 0 Å². The summed E-state index contributed by atoms with van der Waals surface area (Å²) in [6.07, 6.45) is 2.05. The number of anilines is 1. The van der Waals surface area contributed by atoms with Crippen molar-refractivity contribution < 1.29 is 22.7 Å². The zero-order chi connectivity index (χ0) is 24.8. The van der Waals surface area contributed by atoms with E-state index in [9.17, 15) is 18.0 Å². The summed E-state index contributed by atoms with van der Waals surface area (Å²) in [7, 11) is -4.34. The number of fused-ring (bicyclic) bond motifs is 1. The molecule has 0 fully saturated rings. The molecule has 0 aromatic heterocycles. The number of rotatable bonds is 8. The molecule has 35 heavy (non-hydrogen) atoms. The van der Waals surface area contributed by atoms with Crippen LogP contribution in [0, 0.1) is 0 Å². The van der Waals surface area contributed by atoms with E-state index < -0.39 is 28.6 Å². The minimum atomic E-state index is -4.34. The van der Waals surface area contributed by atoms with Gasteiger partial charge in [-0.1, -0.05) is 60.7 Å². The van der Waals surface area contributed by atoms with E-state index in [0.29, 0.717) is 22.8 Å². The van der Waals surface area contributed by atoms with Crippen LogP contribution in [-0.4, -0.2) is 44.3 Å². The number of amides is 1. The third-order valence-electron chi connectivity index (χ3n) is 5.88. The molecule has 1 aliphatic heterocycles. The van der Waals surface area contributed by atoms with Crippen molar-refractivity contribution in [1.29, 1.82) is 0 Å². The Balaban J connectivity index is 1.63. The maximum absolute atomic E-state index is 13.7. The first kappa shape index (κ1) is 24.5. The lowest BCUT2D eigenvalue weighted by Gasteiger charge is -2.34. The molecule has 0 radical (unpaired) electrons. The summed E-state index contributed by atoms with van der Waals surface area (Å²) in [6.45, 7) is 1.24. The Morgan fingerprint density at radius 1 is 0.914 bits per heavy atom. The Bertz CT molecular complexity index is 1290. The summed E-state index contributed by atoms with van der Waals surface area (Å²) >= 11 is 0. The smallest absolute Gasteiger partial charge is 0.329 e. The van der Waals surface area contributed by atoms with Gasteiger partial charge in [0.05, 0.1) is 12.3 Å². The number of aryl methyl sites for hydroxylation is 1. The van der Waals surface area contributed by atoms with E-state index >= 15 is 0 Å². The van der Waals surface area contributed by atoms with Gasteiger partial charge in [-0.3, -0.25) is 13.9 Å². The van der Waals surface area contributed by atoms with Crippen molar-refractivity contribution in [2.45, 2.75) is 26.2 Å². The first-order valence-corrected chi connectivity index (χ1v) is 13.0. The first-order chi connectivity index (χ1) is 16.9. The van der Waals surface area contributed by atoms with Gasteiger partial charge in [0, 0.05) is 12.1 Å². The highest BCUT2D eigenvalue weighted by Gasteiger charge is 2.38. The molecule has 7 nitrogen and oxygen atoms in total. The van der Waals surface area contributed by atoms with Gasteiger partial charge >= 0.3 is 16.2 Å². The first-order valence-electron chi connectivity index (χ1n) is 11.6. The van der Waals surface area contributed by atoms with Gasteiger partial charge in [-0.15, -0.1) is 0 Å². The van der Waals surface area contributed by atoms with Crippen LogP contribution in [0.15, 0.2) is 78.9 Å². The highest BCUT2D eigenvalue weighted by molar-refractivity contribution is 7.91. The highest BCUT2D eigenvalue weighted by Crippen LogP contribution is 2.31. The second-order valence-electron chi connectivity index (χ2n) is 8.29. The van der Waals surface area contributed by atoms with E-state index in [1.165, 1.54) is 4.31 Å². The normalized spacial score (nSPS) is 13.1. The average Bonchev–Trinajstić information content (AvgIpc) is 2.87. The minimum Gasteiger partial charge on any atom is -0.465 e. The molecule has 0 bridgehead atoms. The van der Waals surface area contributed by atoms with Crippen LogP contribution in [0.3, 0.4) is 0 Å². The fourth-order valence-electron chi connectivity index (χ4n) is 4.18. The van der Waals surface area contributed by atoms with Gasteiger partial charge < -0.3 is 4.74 Å². The van der Waals surface area contributed by atoms with Crippen molar-refractivity contribution in [2.24, 2.45) is 0 Å². The predicted octanol–water partition coefficient (Wildman–Crippen LogP) is 3.98. The molecule has 0 saturated carbocycles. The SMILES string of the molecule is CCOC(=O)CN(C(=O)c1ccc(Cc2ccccc2)cc1)S(=O)(=O)N1CCCc2ccccc21. The maximum Gasteiger partial charge on any atom is 0.329 e. The van der Waals surface area contributed by atoms with Crippen LogP contribution in [0.1, 0.15) is 40.4 Å². The number of ether oxygens (including phenoxy) is 1. The molecule has 0 spiro atoms. The van der Waals surface area contributed by atoms with Crippen LogP contribution in [0.25, 0.3) is 0 Å². The third-order valence-corrected chi connectivity index (χ3v) is 7.67. The van der Waals surface area contributed by atoms with Crippen LogP contribution in [-0.2, 0) is 32.6 Å². The summed E-state index contributed by atoms with van der Waals surface area (Å²) < 4.78 is 34.3. The van der Waals surface area contributed by atoms with Crippen LogP contribution in [0.4, 0.5) is 5.69 Å². The van der Waals surface area contributed by atoms with Crippen molar-refractivity contribution in [1.82, 2.24) is 4.31 Å². The number of hydrogen-bond donors (Lipinski definition) is 0. The largest absolute Gasteiger partial charge is 0.465 e. The molecule has 0 unspecified atom stereocenters. The number of nitrogens with zero attached hydrogens (tertiary/aromatic N) is 2. The molecule has 8 heteroatoms. The Hall–Kier alpha value is -3.65. The summed E-state index contributed by atoms with van der Waals surface area (Å²) in [5.74, 6) is -1.55. The number of para-hydroxylation sites is 1. The molecule has 0 aliphatic carbocycles. The molecule has 3 aromatic rings. The van der Waals surface area contributed by atoms with E-state index in [0.717, 1.165) is 23.1 Å². The number of benzene rings is 3. The van der Waals surface area contributed by atoms with Crippen LogP contribution in [0.5, 0.6) is 0 Å². The molecule has 0 N–H and O–H groups in total. The van der Waals surface area contributed by atoms with Gasteiger partial charge in [-0.05, 0) is 61.1 Å². The summed E-state index contributed by atoms with van der Waals surface area (Å²) in [5.41, 5.74) is 3.70. The molecule has 1 amide bonds. The summed E-state index contributed by atoms with van der Waals surface area (Å²) in [4.78, 5) is 25.8. The molecule has 3 aromatic carbocycles. The number of esters is 1. The highest BCUT2D eigenvalue weighted by atomic mass is 32.2. The number of hydrogen-bond acceptors (Lipinski definition) is 5. The molecule has 0 atom stereocenters. The van der Waals surface area contributed by atoms with Gasteiger partial charge in [-0.25, -0.2) is 4.31 Å². The second kappa shape index (κ2) is 10.7. The lowest BCUT2D eigenvalue weighted by molar-refractivity contribution is -0.142.